The maximum atomic E-state index is 12.9. The molecule has 0 bridgehead atoms. The molecule has 4 unspecified atom stereocenters. The molecule has 1 N–H and O–H groups in total. The first-order chi connectivity index (χ1) is 17.1. The van der Waals surface area contributed by atoms with Gasteiger partial charge in [0.05, 0.1) is 10.2 Å². The van der Waals surface area contributed by atoms with Crippen LogP contribution in [0.4, 0.5) is 0 Å². The molecule has 0 amide bonds. The van der Waals surface area contributed by atoms with Crippen molar-refractivity contribution in [1.82, 2.24) is 0 Å². The van der Waals surface area contributed by atoms with Crippen LogP contribution in [-0.4, -0.2) is 28.0 Å². The minimum absolute atomic E-state index is 0.0921. The lowest BCUT2D eigenvalue weighted by molar-refractivity contribution is -0.250. The van der Waals surface area contributed by atoms with Crippen LogP contribution in [0.15, 0.2) is 0 Å². The smallest absolute Gasteiger partial charge is 0.309 e. The molecule has 5 saturated carbocycles. The summed E-state index contributed by atoms with van der Waals surface area (Å²) in [6.45, 7) is 18.6. The average Bonchev–Trinajstić information content (AvgIpc) is 3.18. The predicted molar refractivity (Wildman–Crippen MR) is 150 cm³/mol. The second kappa shape index (κ2) is 8.71. The van der Waals surface area contributed by atoms with Crippen LogP contribution in [0.1, 0.15) is 113 Å². The lowest BCUT2D eigenvalue weighted by Gasteiger charge is -2.73. The predicted octanol–water partition coefficient (Wildman–Crippen LogP) is 8.11. The van der Waals surface area contributed by atoms with Gasteiger partial charge in [0.15, 0.2) is 0 Å². The Morgan fingerprint density at radius 1 is 0.892 bits per heavy atom. The molecular weight excluding hydrogens is 528 g/mol. The van der Waals surface area contributed by atoms with Crippen molar-refractivity contribution in [2.75, 3.05) is 0 Å². The van der Waals surface area contributed by atoms with Crippen molar-refractivity contribution < 1.29 is 19.4 Å². The summed E-state index contributed by atoms with van der Waals surface area (Å²) in [6.07, 6.45) is 9.54. The molecule has 0 aromatic carbocycles. The topological polar surface area (TPSA) is 63.6 Å². The number of aliphatic carboxylic acids is 1. The number of esters is 1. The monoisotopic (exact) mass is 578 g/mol. The molecule has 5 aliphatic carbocycles. The van der Waals surface area contributed by atoms with Crippen molar-refractivity contribution in [1.29, 1.82) is 0 Å². The van der Waals surface area contributed by atoms with E-state index in [9.17, 15) is 14.7 Å². The Hall–Kier alpha value is -0.580. The summed E-state index contributed by atoms with van der Waals surface area (Å²) in [5, 5.41) is 10.6. The van der Waals surface area contributed by atoms with E-state index in [4.69, 9.17) is 4.74 Å². The number of carboxylic acids is 1. The molecule has 11 atom stereocenters. The highest BCUT2D eigenvalue weighted by Crippen LogP contribution is 2.77. The highest BCUT2D eigenvalue weighted by Gasteiger charge is 2.72. The van der Waals surface area contributed by atoms with Crippen molar-refractivity contribution in [3.05, 3.63) is 0 Å². The van der Waals surface area contributed by atoms with Gasteiger partial charge in [-0.1, -0.05) is 64.4 Å². The van der Waals surface area contributed by atoms with Crippen LogP contribution in [-0.2, 0) is 14.3 Å². The number of carbonyl (C=O) groups excluding carboxylic acids is 1. The van der Waals surface area contributed by atoms with Crippen LogP contribution < -0.4 is 0 Å². The molecule has 5 aliphatic rings. The largest absolute Gasteiger partial charge is 0.481 e. The fourth-order valence-corrected chi connectivity index (χ4v) is 13.7. The molecule has 4 nitrogen and oxygen atoms in total. The minimum Gasteiger partial charge on any atom is -0.481 e. The Morgan fingerprint density at radius 2 is 1.57 bits per heavy atom. The van der Waals surface area contributed by atoms with E-state index in [1.165, 1.54) is 32.6 Å². The number of hydrogen-bond donors (Lipinski definition) is 1. The molecule has 0 heterocycles. The standard InChI is InChI=1S/C32H51BrO4/c1-18(2)20-11-14-32(27(35)36)16-15-30(7)21(25(20)32)9-10-24-29(6)17-22(33)26(37-19(3)34)28(4,5)23(29)12-13-31(24,30)8/h18,20-26H,9-17H2,1-8H3,(H,35,36)/t20-,21+,22?,23-,24?,25?,26-,29-,30+,31+,32?/m0/s1. The second-order valence-corrected chi connectivity index (χ2v) is 16.8. The normalized spacial score (nSPS) is 52.4. The third kappa shape index (κ3) is 3.56. The van der Waals surface area contributed by atoms with Gasteiger partial charge in [-0.25, -0.2) is 0 Å². The van der Waals surface area contributed by atoms with E-state index >= 15 is 0 Å². The third-order valence-corrected chi connectivity index (χ3v) is 14.7. The Bertz CT molecular complexity index is 960. The Morgan fingerprint density at radius 3 is 2.16 bits per heavy atom. The van der Waals surface area contributed by atoms with Gasteiger partial charge < -0.3 is 9.84 Å². The molecule has 0 aromatic rings. The van der Waals surface area contributed by atoms with Crippen LogP contribution >= 0.6 is 15.9 Å². The fraction of sp³-hybridized carbons (Fsp3) is 0.938. The lowest BCUT2D eigenvalue weighted by Crippen LogP contribution is -2.68. The van der Waals surface area contributed by atoms with Crippen LogP contribution in [0.25, 0.3) is 0 Å². The number of halogens is 1. The van der Waals surface area contributed by atoms with Gasteiger partial charge in [0, 0.05) is 12.3 Å². The maximum absolute atomic E-state index is 12.9. The summed E-state index contributed by atoms with van der Waals surface area (Å²) in [7, 11) is 0. The third-order valence-electron chi connectivity index (χ3n) is 13.9. The summed E-state index contributed by atoms with van der Waals surface area (Å²) in [5.74, 6) is 2.29. The van der Waals surface area contributed by atoms with Gasteiger partial charge in [0.1, 0.15) is 6.10 Å². The molecular formula is C32H51BrO4. The summed E-state index contributed by atoms with van der Waals surface area (Å²) in [6, 6.07) is 0. The summed E-state index contributed by atoms with van der Waals surface area (Å²) in [5.41, 5.74) is -0.0555. The zero-order chi connectivity index (χ0) is 27.3. The average molecular weight is 580 g/mol. The number of carboxylic acid groups (broad SMARTS) is 1. The molecule has 5 rings (SSSR count). The first kappa shape index (κ1) is 28.0. The number of ether oxygens (including phenoxy) is 1. The van der Waals surface area contributed by atoms with E-state index < -0.39 is 11.4 Å². The molecule has 0 radical (unpaired) electrons. The quantitative estimate of drug-likeness (QED) is 0.271. The highest BCUT2D eigenvalue weighted by atomic mass is 79.9. The van der Waals surface area contributed by atoms with Crippen molar-refractivity contribution in [2.24, 2.45) is 62.6 Å². The van der Waals surface area contributed by atoms with Crippen molar-refractivity contribution in [3.8, 4) is 0 Å². The Kier molecular flexibility index (Phi) is 6.58. The number of carbonyl (C=O) groups is 2. The van der Waals surface area contributed by atoms with Gasteiger partial charge in [-0.3, -0.25) is 9.59 Å². The maximum Gasteiger partial charge on any atom is 0.309 e. The molecule has 37 heavy (non-hydrogen) atoms. The molecule has 5 fully saturated rings. The first-order valence-electron chi connectivity index (χ1n) is 15.1. The minimum atomic E-state index is -0.515. The summed E-state index contributed by atoms with van der Waals surface area (Å²) >= 11 is 4.01. The van der Waals surface area contributed by atoms with E-state index in [1.54, 1.807) is 0 Å². The van der Waals surface area contributed by atoms with Gasteiger partial charge in [-0.2, -0.15) is 0 Å². The number of fused-ring (bicyclic) bond motifs is 7. The Balaban J connectivity index is 1.54. The zero-order valence-corrected chi connectivity index (χ0v) is 26.1. The van der Waals surface area contributed by atoms with E-state index in [0.29, 0.717) is 35.5 Å². The van der Waals surface area contributed by atoms with Crippen LogP contribution in [0.3, 0.4) is 0 Å². The van der Waals surface area contributed by atoms with Gasteiger partial charge >= 0.3 is 11.9 Å². The molecule has 0 saturated heterocycles. The Labute approximate surface area is 233 Å². The molecule has 0 aliphatic heterocycles. The molecule has 210 valence electrons. The van der Waals surface area contributed by atoms with E-state index in [-0.39, 0.29) is 38.6 Å². The van der Waals surface area contributed by atoms with Crippen LogP contribution in [0.5, 0.6) is 0 Å². The number of rotatable bonds is 3. The first-order valence-corrected chi connectivity index (χ1v) is 16.0. The molecule has 0 spiro atoms. The fourth-order valence-electron chi connectivity index (χ4n) is 12.2. The van der Waals surface area contributed by atoms with Gasteiger partial charge in [-0.05, 0) is 110 Å². The van der Waals surface area contributed by atoms with Gasteiger partial charge in [0.25, 0.3) is 0 Å². The number of hydrogen-bond acceptors (Lipinski definition) is 3. The summed E-state index contributed by atoms with van der Waals surface area (Å²) in [4.78, 5) is 25.1. The van der Waals surface area contributed by atoms with Crippen LogP contribution in [0.2, 0.25) is 0 Å². The van der Waals surface area contributed by atoms with E-state index in [1.807, 2.05) is 0 Å². The number of alkyl halides is 1. The van der Waals surface area contributed by atoms with Crippen molar-refractivity contribution in [3.63, 3.8) is 0 Å². The van der Waals surface area contributed by atoms with E-state index in [2.05, 4.69) is 64.4 Å². The molecule has 0 aromatic heterocycles. The van der Waals surface area contributed by atoms with Crippen molar-refractivity contribution in [2.45, 2.75) is 124 Å². The van der Waals surface area contributed by atoms with Gasteiger partial charge in [-0.15, -0.1) is 0 Å². The molecule has 5 heteroatoms. The highest BCUT2D eigenvalue weighted by molar-refractivity contribution is 9.09. The van der Waals surface area contributed by atoms with E-state index in [0.717, 1.165) is 32.1 Å². The summed E-state index contributed by atoms with van der Waals surface area (Å²) < 4.78 is 5.95. The lowest BCUT2D eigenvalue weighted by atomic mass is 9.32. The van der Waals surface area contributed by atoms with Crippen molar-refractivity contribution >= 4 is 27.9 Å². The van der Waals surface area contributed by atoms with Gasteiger partial charge in [0.2, 0.25) is 0 Å². The second-order valence-electron chi connectivity index (χ2n) is 15.7. The SMILES string of the molecule is CC(=O)O[C@H]1C(Br)C[C@]2(C)C3CC[C@@H]4C5[C@H](C(C)C)CCC5(C(=O)O)CC[C@@]4(C)[C@]3(C)CC[C@H]2C1(C)C. The van der Waals surface area contributed by atoms with Crippen LogP contribution in [0, 0.1) is 62.6 Å². The zero-order valence-electron chi connectivity index (χ0n) is 24.5.